The predicted octanol–water partition coefficient (Wildman–Crippen LogP) is 5.89. The van der Waals surface area contributed by atoms with E-state index in [2.05, 4.69) is 31.2 Å². The Kier molecular flexibility index (Phi) is 5.56. The zero-order valence-corrected chi connectivity index (χ0v) is 12.3. The minimum absolute atomic E-state index is 0.261. The highest BCUT2D eigenvalue weighted by atomic mass is 35.5. The first-order valence-corrected chi connectivity index (χ1v) is 7.98. The molecule has 2 rings (SSSR count). The van der Waals surface area contributed by atoms with Crippen molar-refractivity contribution in [2.24, 2.45) is 5.92 Å². The SMILES string of the molecule is CCCCCCCCC1Cc2ccccc2C1Cl. The molecule has 0 aromatic heterocycles. The summed E-state index contributed by atoms with van der Waals surface area (Å²) in [6.45, 7) is 2.27. The number of halogens is 1. The number of alkyl halides is 1. The standard InChI is InChI=1S/C17H25Cl/c1-2-3-4-5-6-7-11-15-13-14-10-8-9-12-16(14)17(15)18/h8-10,12,15,17H,2-7,11,13H2,1H3. The molecule has 0 bridgehead atoms. The van der Waals surface area contributed by atoms with E-state index in [1.54, 1.807) is 0 Å². The number of rotatable bonds is 7. The maximum absolute atomic E-state index is 6.57. The molecule has 1 aromatic rings. The minimum Gasteiger partial charge on any atom is -0.117 e. The van der Waals surface area contributed by atoms with Crippen LogP contribution < -0.4 is 0 Å². The number of hydrogen-bond donors (Lipinski definition) is 0. The molecule has 0 heterocycles. The molecular weight excluding hydrogens is 240 g/mol. The summed E-state index contributed by atoms with van der Waals surface area (Å²) in [7, 11) is 0. The van der Waals surface area contributed by atoms with Crippen molar-refractivity contribution in [2.45, 2.75) is 63.7 Å². The van der Waals surface area contributed by atoms with Gasteiger partial charge in [0, 0.05) is 0 Å². The van der Waals surface area contributed by atoms with Crippen LogP contribution in [0.15, 0.2) is 24.3 Å². The summed E-state index contributed by atoms with van der Waals surface area (Å²) in [5.74, 6) is 0.676. The Morgan fingerprint density at radius 2 is 1.78 bits per heavy atom. The molecule has 0 N–H and O–H groups in total. The van der Waals surface area contributed by atoms with Gasteiger partial charge in [-0.05, 0) is 29.9 Å². The Morgan fingerprint density at radius 1 is 1.06 bits per heavy atom. The number of benzene rings is 1. The molecule has 0 spiro atoms. The molecule has 1 aromatic carbocycles. The van der Waals surface area contributed by atoms with Gasteiger partial charge in [-0.3, -0.25) is 0 Å². The first kappa shape index (κ1) is 13.9. The van der Waals surface area contributed by atoms with Gasteiger partial charge in [0.1, 0.15) is 0 Å². The van der Waals surface area contributed by atoms with Crippen LogP contribution in [0.25, 0.3) is 0 Å². The van der Waals surface area contributed by atoms with Crippen LogP contribution in [0.3, 0.4) is 0 Å². The average Bonchev–Trinajstić information content (AvgIpc) is 2.71. The minimum atomic E-state index is 0.261. The normalized spacial score (nSPS) is 22.1. The molecule has 2 atom stereocenters. The van der Waals surface area contributed by atoms with Crippen LogP contribution in [0.5, 0.6) is 0 Å². The highest BCUT2D eigenvalue weighted by molar-refractivity contribution is 6.21. The van der Waals surface area contributed by atoms with Gasteiger partial charge in [0.15, 0.2) is 0 Å². The van der Waals surface area contributed by atoms with Crippen LogP contribution in [-0.2, 0) is 6.42 Å². The van der Waals surface area contributed by atoms with Crippen LogP contribution in [0.1, 0.15) is 68.4 Å². The summed E-state index contributed by atoms with van der Waals surface area (Å²) < 4.78 is 0. The quantitative estimate of drug-likeness (QED) is 0.425. The fourth-order valence-electron chi connectivity index (χ4n) is 3.06. The van der Waals surface area contributed by atoms with Gasteiger partial charge >= 0.3 is 0 Å². The van der Waals surface area contributed by atoms with E-state index in [4.69, 9.17) is 11.6 Å². The second kappa shape index (κ2) is 7.19. The summed E-state index contributed by atoms with van der Waals surface area (Å²) in [6.07, 6.45) is 10.8. The van der Waals surface area contributed by atoms with Gasteiger partial charge in [-0.1, -0.05) is 69.7 Å². The Bertz CT molecular complexity index is 358. The van der Waals surface area contributed by atoms with Crippen molar-refractivity contribution >= 4 is 11.6 Å². The molecule has 0 fully saturated rings. The van der Waals surface area contributed by atoms with E-state index >= 15 is 0 Å². The molecule has 0 saturated carbocycles. The molecule has 0 radical (unpaired) electrons. The maximum atomic E-state index is 6.57. The van der Waals surface area contributed by atoms with Crippen LogP contribution >= 0.6 is 11.6 Å². The van der Waals surface area contributed by atoms with Crippen molar-refractivity contribution in [3.63, 3.8) is 0 Å². The molecule has 1 aliphatic rings. The van der Waals surface area contributed by atoms with Crippen LogP contribution in [-0.4, -0.2) is 0 Å². The average molecular weight is 265 g/mol. The largest absolute Gasteiger partial charge is 0.117 e. The lowest BCUT2D eigenvalue weighted by atomic mass is 9.97. The molecule has 1 aliphatic carbocycles. The number of unbranched alkanes of at least 4 members (excludes halogenated alkanes) is 5. The van der Waals surface area contributed by atoms with E-state index in [0.29, 0.717) is 5.92 Å². The van der Waals surface area contributed by atoms with Gasteiger partial charge in [0.25, 0.3) is 0 Å². The first-order valence-electron chi connectivity index (χ1n) is 7.54. The predicted molar refractivity (Wildman–Crippen MR) is 80.2 cm³/mol. The fraction of sp³-hybridized carbons (Fsp3) is 0.647. The monoisotopic (exact) mass is 264 g/mol. The van der Waals surface area contributed by atoms with Gasteiger partial charge in [-0.25, -0.2) is 0 Å². The molecule has 0 aliphatic heterocycles. The summed E-state index contributed by atoms with van der Waals surface area (Å²) in [4.78, 5) is 0. The molecular formula is C17H25Cl. The smallest absolute Gasteiger partial charge is 0.0619 e. The Balaban J connectivity index is 1.70. The van der Waals surface area contributed by atoms with Crippen LogP contribution in [0, 0.1) is 5.92 Å². The van der Waals surface area contributed by atoms with Crippen LogP contribution in [0.4, 0.5) is 0 Å². The van der Waals surface area contributed by atoms with Crippen molar-refractivity contribution in [1.29, 1.82) is 0 Å². The molecule has 0 saturated heterocycles. The van der Waals surface area contributed by atoms with E-state index in [1.807, 2.05) is 0 Å². The van der Waals surface area contributed by atoms with Crippen molar-refractivity contribution in [3.05, 3.63) is 35.4 Å². The zero-order valence-electron chi connectivity index (χ0n) is 11.5. The first-order chi connectivity index (χ1) is 8.83. The van der Waals surface area contributed by atoms with Gasteiger partial charge in [0.05, 0.1) is 5.38 Å². The summed E-state index contributed by atoms with van der Waals surface area (Å²) in [5.41, 5.74) is 2.86. The van der Waals surface area contributed by atoms with Crippen molar-refractivity contribution < 1.29 is 0 Å². The molecule has 0 nitrogen and oxygen atoms in total. The topological polar surface area (TPSA) is 0 Å². The van der Waals surface area contributed by atoms with Crippen LogP contribution in [0.2, 0.25) is 0 Å². The second-order valence-electron chi connectivity index (χ2n) is 5.62. The third-order valence-corrected chi connectivity index (χ3v) is 4.77. The highest BCUT2D eigenvalue weighted by Crippen LogP contribution is 2.42. The number of hydrogen-bond acceptors (Lipinski definition) is 0. The molecule has 2 unspecified atom stereocenters. The fourth-order valence-corrected chi connectivity index (χ4v) is 3.49. The van der Waals surface area contributed by atoms with Gasteiger partial charge < -0.3 is 0 Å². The lowest BCUT2D eigenvalue weighted by Crippen LogP contribution is -2.02. The lowest BCUT2D eigenvalue weighted by molar-refractivity contribution is 0.460. The second-order valence-corrected chi connectivity index (χ2v) is 6.09. The maximum Gasteiger partial charge on any atom is 0.0619 e. The summed E-state index contributed by atoms with van der Waals surface area (Å²) in [5, 5.41) is 0.261. The van der Waals surface area contributed by atoms with Crippen molar-refractivity contribution in [3.8, 4) is 0 Å². The van der Waals surface area contributed by atoms with Crippen molar-refractivity contribution in [1.82, 2.24) is 0 Å². The third kappa shape index (κ3) is 3.51. The Hall–Kier alpha value is -0.490. The van der Waals surface area contributed by atoms with E-state index in [0.717, 1.165) is 0 Å². The van der Waals surface area contributed by atoms with Crippen molar-refractivity contribution in [2.75, 3.05) is 0 Å². The molecule has 1 heteroatoms. The molecule has 100 valence electrons. The van der Waals surface area contributed by atoms with E-state index in [9.17, 15) is 0 Å². The molecule has 0 amide bonds. The summed E-state index contributed by atoms with van der Waals surface area (Å²) in [6, 6.07) is 8.69. The zero-order chi connectivity index (χ0) is 12.8. The number of fused-ring (bicyclic) bond motifs is 1. The molecule has 18 heavy (non-hydrogen) atoms. The van der Waals surface area contributed by atoms with E-state index in [1.165, 1.54) is 62.5 Å². The summed E-state index contributed by atoms with van der Waals surface area (Å²) >= 11 is 6.57. The third-order valence-electron chi connectivity index (χ3n) is 4.18. The van der Waals surface area contributed by atoms with E-state index in [-0.39, 0.29) is 5.38 Å². The van der Waals surface area contributed by atoms with Gasteiger partial charge in [0.2, 0.25) is 0 Å². The Labute approximate surface area is 117 Å². The van der Waals surface area contributed by atoms with E-state index < -0.39 is 0 Å². The van der Waals surface area contributed by atoms with Gasteiger partial charge in [-0.2, -0.15) is 0 Å². The lowest BCUT2D eigenvalue weighted by Gasteiger charge is -2.13. The van der Waals surface area contributed by atoms with Gasteiger partial charge in [-0.15, -0.1) is 11.6 Å². The Morgan fingerprint density at radius 3 is 2.56 bits per heavy atom. The highest BCUT2D eigenvalue weighted by Gasteiger charge is 2.29.